The topological polar surface area (TPSA) is 38.7 Å². The van der Waals surface area contributed by atoms with Gasteiger partial charge in [0, 0.05) is 27.6 Å². The van der Waals surface area contributed by atoms with Crippen molar-refractivity contribution in [3.63, 3.8) is 0 Å². The Morgan fingerprint density at radius 3 is 2.58 bits per heavy atom. The van der Waals surface area contributed by atoms with Crippen LogP contribution in [0.1, 0.15) is 16.0 Å². The number of rotatable bonds is 6. The summed E-state index contributed by atoms with van der Waals surface area (Å²) in [6.45, 7) is 5.46. The number of aliphatic hydroxyl groups is 1. The fourth-order valence-electron chi connectivity index (χ4n) is 2.95. The second-order valence-corrected chi connectivity index (χ2v) is 7.10. The van der Waals surface area contributed by atoms with Crippen molar-refractivity contribution >= 4 is 21.4 Å². The Morgan fingerprint density at radius 1 is 1.04 bits per heavy atom. The fraction of sp³-hybridized carbons (Fsp3) is 0.300. The highest BCUT2D eigenvalue weighted by Gasteiger charge is 2.14. The first-order valence-corrected chi connectivity index (χ1v) is 8.81. The summed E-state index contributed by atoms with van der Waals surface area (Å²) in [6.07, 6.45) is 0. The molecule has 24 heavy (non-hydrogen) atoms. The van der Waals surface area contributed by atoms with Gasteiger partial charge in [-0.25, -0.2) is 0 Å². The Balaban J connectivity index is 2.02. The van der Waals surface area contributed by atoms with Gasteiger partial charge >= 0.3 is 0 Å². The molecule has 2 aromatic carbocycles. The molecule has 0 aliphatic heterocycles. The van der Waals surface area contributed by atoms with E-state index in [1.54, 1.807) is 18.4 Å². The van der Waals surface area contributed by atoms with Crippen LogP contribution in [0.25, 0.3) is 21.2 Å². The third kappa shape index (κ3) is 3.31. The number of fused-ring (bicyclic) bond motifs is 1. The second kappa shape index (κ2) is 7.34. The van der Waals surface area contributed by atoms with E-state index in [0.717, 1.165) is 11.3 Å². The summed E-state index contributed by atoms with van der Waals surface area (Å²) in [5.41, 5.74) is 4.60. The number of hydrogen-bond donors (Lipinski definition) is 1. The van der Waals surface area contributed by atoms with E-state index in [9.17, 15) is 5.11 Å². The smallest absolute Gasteiger partial charge is 0.119 e. The van der Waals surface area contributed by atoms with Crippen molar-refractivity contribution in [1.82, 2.24) is 0 Å². The van der Waals surface area contributed by atoms with Crippen molar-refractivity contribution in [3.05, 3.63) is 52.4 Å². The second-order valence-electron chi connectivity index (χ2n) is 5.84. The Bertz CT molecular complexity index is 851. The SMILES string of the molecule is COCCOc1ccc(-c2c(C)sc3ccc(CO)cc23)c(C)c1. The molecule has 0 bridgehead atoms. The Labute approximate surface area is 146 Å². The molecule has 0 aliphatic carbocycles. The van der Waals surface area contributed by atoms with Gasteiger partial charge < -0.3 is 14.6 Å². The minimum Gasteiger partial charge on any atom is -0.491 e. The molecular weight excluding hydrogens is 320 g/mol. The zero-order valence-electron chi connectivity index (χ0n) is 14.3. The van der Waals surface area contributed by atoms with Gasteiger partial charge in [-0.15, -0.1) is 11.3 Å². The van der Waals surface area contributed by atoms with Crippen LogP contribution < -0.4 is 4.74 Å². The first-order valence-electron chi connectivity index (χ1n) is 7.99. The molecule has 1 aromatic heterocycles. The average molecular weight is 342 g/mol. The maximum Gasteiger partial charge on any atom is 0.119 e. The van der Waals surface area contributed by atoms with Crippen molar-refractivity contribution in [1.29, 1.82) is 0 Å². The zero-order valence-corrected chi connectivity index (χ0v) is 15.1. The largest absolute Gasteiger partial charge is 0.491 e. The Hall–Kier alpha value is -1.88. The molecule has 0 fully saturated rings. The molecule has 3 aromatic rings. The van der Waals surface area contributed by atoms with Crippen LogP contribution in [0, 0.1) is 13.8 Å². The van der Waals surface area contributed by atoms with Crippen molar-refractivity contribution in [3.8, 4) is 16.9 Å². The summed E-state index contributed by atoms with van der Waals surface area (Å²) in [4.78, 5) is 1.29. The van der Waals surface area contributed by atoms with Crippen molar-refractivity contribution in [2.24, 2.45) is 0 Å². The average Bonchev–Trinajstić information content (AvgIpc) is 2.90. The molecule has 1 N–H and O–H groups in total. The molecule has 4 heteroatoms. The summed E-state index contributed by atoms with van der Waals surface area (Å²) < 4.78 is 12.0. The van der Waals surface area contributed by atoms with Crippen LogP contribution >= 0.6 is 11.3 Å². The highest BCUT2D eigenvalue weighted by molar-refractivity contribution is 7.19. The molecule has 0 aliphatic rings. The van der Waals surface area contributed by atoms with Crippen LogP contribution in [0.3, 0.4) is 0 Å². The maximum atomic E-state index is 9.44. The van der Waals surface area contributed by atoms with Gasteiger partial charge in [0.05, 0.1) is 13.2 Å². The van der Waals surface area contributed by atoms with E-state index in [1.807, 2.05) is 12.1 Å². The van der Waals surface area contributed by atoms with Gasteiger partial charge in [-0.2, -0.15) is 0 Å². The van der Waals surface area contributed by atoms with Gasteiger partial charge in [-0.05, 0) is 54.8 Å². The summed E-state index contributed by atoms with van der Waals surface area (Å²) in [7, 11) is 1.67. The number of aryl methyl sites for hydroxylation is 2. The van der Waals surface area contributed by atoms with Crippen molar-refractivity contribution in [2.45, 2.75) is 20.5 Å². The molecule has 0 saturated heterocycles. The predicted octanol–water partition coefficient (Wildman–Crippen LogP) is 4.70. The number of benzene rings is 2. The minimum atomic E-state index is 0.0650. The van der Waals surface area contributed by atoms with E-state index < -0.39 is 0 Å². The lowest BCUT2D eigenvalue weighted by molar-refractivity contribution is 0.146. The first kappa shape index (κ1) is 17.0. The zero-order chi connectivity index (χ0) is 17.1. The van der Waals surface area contributed by atoms with E-state index >= 15 is 0 Å². The van der Waals surface area contributed by atoms with Gasteiger partial charge in [0.15, 0.2) is 0 Å². The number of ether oxygens (including phenoxy) is 2. The minimum absolute atomic E-state index is 0.0650. The monoisotopic (exact) mass is 342 g/mol. The summed E-state index contributed by atoms with van der Waals surface area (Å²) >= 11 is 1.79. The van der Waals surface area contributed by atoms with Crippen LogP contribution in [0.5, 0.6) is 5.75 Å². The molecule has 0 saturated carbocycles. The molecule has 1 heterocycles. The highest BCUT2D eigenvalue weighted by atomic mass is 32.1. The first-order chi connectivity index (χ1) is 11.6. The molecule has 126 valence electrons. The molecule has 0 unspecified atom stereocenters. The number of hydrogen-bond acceptors (Lipinski definition) is 4. The normalized spacial score (nSPS) is 11.2. The van der Waals surface area contributed by atoms with Gasteiger partial charge in [-0.1, -0.05) is 12.1 Å². The van der Waals surface area contributed by atoms with E-state index in [2.05, 4.69) is 38.1 Å². The van der Waals surface area contributed by atoms with Gasteiger partial charge in [-0.3, -0.25) is 0 Å². The van der Waals surface area contributed by atoms with E-state index in [0.29, 0.717) is 13.2 Å². The molecule has 0 radical (unpaired) electrons. The predicted molar refractivity (Wildman–Crippen MR) is 100 cm³/mol. The third-order valence-electron chi connectivity index (χ3n) is 4.13. The van der Waals surface area contributed by atoms with Crippen LogP contribution in [-0.2, 0) is 11.3 Å². The number of methoxy groups -OCH3 is 1. The molecule has 0 spiro atoms. The van der Waals surface area contributed by atoms with Crippen molar-refractivity contribution < 1.29 is 14.6 Å². The van der Waals surface area contributed by atoms with E-state index in [-0.39, 0.29) is 6.61 Å². The standard InChI is InChI=1S/C20H22O3S/c1-13-10-16(23-9-8-22-3)5-6-17(13)20-14(2)24-19-7-4-15(12-21)11-18(19)20/h4-7,10-11,21H,8-9,12H2,1-3H3. The van der Waals surface area contributed by atoms with Crippen molar-refractivity contribution in [2.75, 3.05) is 20.3 Å². The molecule has 0 atom stereocenters. The maximum absolute atomic E-state index is 9.44. The van der Waals surface area contributed by atoms with Gasteiger partial charge in [0.25, 0.3) is 0 Å². The lowest BCUT2D eigenvalue weighted by Gasteiger charge is -2.11. The van der Waals surface area contributed by atoms with Crippen LogP contribution in [-0.4, -0.2) is 25.4 Å². The Morgan fingerprint density at radius 2 is 1.88 bits per heavy atom. The fourth-order valence-corrected chi connectivity index (χ4v) is 4.01. The molecule has 0 amide bonds. The van der Waals surface area contributed by atoms with Crippen LogP contribution in [0.15, 0.2) is 36.4 Å². The summed E-state index contributed by atoms with van der Waals surface area (Å²) in [5, 5.41) is 10.6. The number of aliphatic hydroxyl groups excluding tert-OH is 1. The Kier molecular flexibility index (Phi) is 5.19. The molecule has 3 rings (SSSR count). The van der Waals surface area contributed by atoms with E-state index in [4.69, 9.17) is 9.47 Å². The lowest BCUT2D eigenvalue weighted by atomic mass is 9.97. The van der Waals surface area contributed by atoms with Crippen LogP contribution in [0.2, 0.25) is 0 Å². The highest BCUT2D eigenvalue weighted by Crippen LogP contribution is 2.40. The molecular formula is C20H22O3S. The van der Waals surface area contributed by atoms with E-state index in [1.165, 1.54) is 31.7 Å². The summed E-state index contributed by atoms with van der Waals surface area (Å²) in [6, 6.07) is 12.4. The van der Waals surface area contributed by atoms with Gasteiger partial charge in [0.1, 0.15) is 12.4 Å². The molecule has 3 nitrogen and oxygen atoms in total. The van der Waals surface area contributed by atoms with Gasteiger partial charge in [0.2, 0.25) is 0 Å². The lowest BCUT2D eigenvalue weighted by Crippen LogP contribution is -2.04. The number of thiophene rings is 1. The summed E-state index contributed by atoms with van der Waals surface area (Å²) in [5.74, 6) is 0.863. The third-order valence-corrected chi connectivity index (χ3v) is 5.22. The van der Waals surface area contributed by atoms with Crippen LogP contribution in [0.4, 0.5) is 0 Å². The quantitative estimate of drug-likeness (QED) is 0.660.